The van der Waals surface area contributed by atoms with Gasteiger partial charge in [-0.05, 0) is 19.3 Å². The molecule has 0 atom stereocenters. The zero-order valence-electron chi connectivity index (χ0n) is 17.3. The van der Waals surface area contributed by atoms with Gasteiger partial charge in [-0.15, -0.1) is 0 Å². The molecule has 0 aromatic heterocycles. The van der Waals surface area contributed by atoms with E-state index in [-0.39, 0.29) is 43.4 Å². The zero-order valence-corrected chi connectivity index (χ0v) is 17.3. The Labute approximate surface area is 168 Å². The van der Waals surface area contributed by atoms with Gasteiger partial charge in [0.1, 0.15) is 0 Å². The maximum absolute atomic E-state index is 11.0. The summed E-state index contributed by atoms with van der Waals surface area (Å²) in [5.41, 5.74) is 0. The minimum Gasteiger partial charge on any atom is -0.481 e. The van der Waals surface area contributed by atoms with Gasteiger partial charge in [0, 0.05) is 6.42 Å². The highest BCUT2D eigenvalue weighted by molar-refractivity contribution is 5.67. The summed E-state index contributed by atoms with van der Waals surface area (Å²) in [6.45, 7) is 3.57. The zero-order chi connectivity index (χ0) is 21.3. The van der Waals surface area contributed by atoms with E-state index in [4.69, 9.17) is 15.3 Å². The lowest BCUT2D eigenvalue weighted by Crippen LogP contribution is -2.52. The lowest BCUT2D eigenvalue weighted by atomic mass is 10.1. The van der Waals surface area contributed by atoms with E-state index in [1.165, 1.54) is 32.1 Å². The molecule has 0 aliphatic carbocycles. The molecule has 7 nitrogen and oxygen atoms in total. The van der Waals surface area contributed by atoms with E-state index in [1.807, 2.05) is 0 Å². The standard InChI is InChI=1S/C21H37NO6/c1-2-3-4-5-6-7-8-9-10-11-15-22(16-12-19(23)24,17-13-20(25)26)18-14-21(27)28/h8-9H,2-7,10-18H2,1H3,(H2-,23,24,25,26,27,28)/p+1/b9-8+. The van der Waals surface area contributed by atoms with Crippen LogP contribution in [0.25, 0.3) is 0 Å². The van der Waals surface area contributed by atoms with Gasteiger partial charge in [0.2, 0.25) is 0 Å². The van der Waals surface area contributed by atoms with Crippen molar-refractivity contribution in [2.45, 2.75) is 77.6 Å². The second-order valence-electron chi connectivity index (χ2n) is 7.48. The highest BCUT2D eigenvalue weighted by atomic mass is 16.4. The van der Waals surface area contributed by atoms with Crippen molar-refractivity contribution in [2.24, 2.45) is 0 Å². The molecule has 0 saturated heterocycles. The van der Waals surface area contributed by atoms with Crippen molar-refractivity contribution in [3.8, 4) is 0 Å². The van der Waals surface area contributed by atoms with Crippen molar-refractivity contribution in [2.75, 3.05) is 26.2 Å². The second-order valence-corrected chi connectivity index (χ2v) is 7.48. The molecule has 162 valence electrons. The number of hydrogen-bond acceptors (Lipinski definition) is 3. The van der Waals surface area contributed by atoms with Gasteiger partial charge >= 0.3 is 17.9 Å². The first kappa shape index (κ1) is 26.1. The summed E-state index contributed by atoms with van der Waals surface area (Å²) in [6.07, 6.45) is 12.9. The molecular formula is C21H38NO6+. The Hall–Kier alpha value is -1.89. The Balaban J connectivity index is 4.58. The average Bonchev–Trinajstić information content (AvgIpc) is 2.63. The van der Waals surface area contributed by atoms with Gasteiger partial charge in [0.05, 0.1) is 45.4 Å². The normalized spacial score (nSPS) is 11.8. The van der Waals surface area contributed by atoms with Crippen LogP contribution in [0.15, 0.2) is 12.2 Å². The smallest absolute Gasteiger partial charge is 0.309 e. The predicted octanol–water partition coefficient (Wildman–Crippen LogP) is 3.92. The molecule has 0 aliphatic heterocycles. The van der Waals surface area contributed by atoms with E-state index in [9.17, 15) is 14.4 Å². The molecule has 3 N–H and O–H groups in total. The fraction of sp³-hybridized carbons (Fsp3) is 0.762. The number of carboxylic acid groups (broad SMARTS) is 3. The molecule has 0 amide bonds. The van der Waals surface area contributed by atoms with E-state index in [0.29, 0.717) is 6.54 Å². The van der Waals surface area contributed by atoms with Gasteiger partial charge in [0.25, 0.3) is 0 Å². The summed E-state index contributed by atoms with van der Waals surface area (Å²) in [4.78, 5) is 33.0. The third kappa shape index (κ3) is 15.2. The highest BCUT2D eigenvalue weighted by Crippen LogP contribution is 2.15. The summed E-state index contributed by atoms with van der Waals surface area (Å²) in [6, 6.07) is 0. The van der Waals surface area contributed by atoms with Gasteiger partial charge in [-0.25, -0.2) is 0 Å². The summed E-state index contributed by atoms with van der Waals surface area (Å²) in [5.74, 6) is -2.84. The first-order chi connectivity index (χ1) is 13.3. The molecule has 0 radical (unpaired) electrons. The maximum atomic E-state index is 11.0. The number of rotatable bonds is 19. The summed E-state index contributed by atoms with van der Waals surface area (Å²) in [7, 11) is 0. The molecular weight excluding hydrogens is 362 g/mol. The van der Waals surface area contributed by atoms with Crippen LogP contribution in [0.4, 0.5) is 0 Å². The van der Waals surface area contributed by atoms with E-state index in [0.717, 1.165) is 19.3 Å². The Bertz CT molecular complexity index is 444. The van der Waals surface area contributed by atoms with Crippen LogP contribution in [0, 0.1) is 0 Å². The molecule has 0 aromatic carbocycles. The molecule has 0 spiro atoms. The van der Waals surface area contributed by atoms with Crippen molar-refractivity contribution in [1.82, 2.24) is 0 Å². The molecule has 7 heteroatoms. The molecule has 0 fully saturated rings. The number of hydrogen-bond donors (Lipinski definition) is 3. The highest BCUT2D eigenvalue weighted by Gasteiger charge is 2.29. The number of carbonyl (C=O) groups is 3. The largest absolute Gasteiger partial charge is 0.481 e. The SMILES string of the molecule is CCCCCCC/C=C/CCC[N+](CCC(=O)O)(CCC(=O)O)CCC(=O)O. The Morgan fingerprint density at radius 2 is 1.07 bits per heavy atom. The first-order valence-electron chi connectivity index (χ1n) is 10.5. The first-order valence-corrected chi connectivity index (χ1v) is 10.5. The monoisotopic (exact) mass is 400 g/mol. The molecule has 0 saturated carbocycles. The van der Waals surface area contributed by atoms with Gasteiger partial charge in [-0.2, -0.15) is 0 Å². The van der Waals surface area contributed by atoms with Crippen LogP contribution in [0.3, 0.4) is 0 Å². The summed E-state index contributed by atoms with van der Waals surface area (Å²) < 4.78 is 0.232. The number of nitrogens with zero attached hydrogens (tertiary/aromatic N) is 1. The van der Waals surface area contributed by atoms with Crippen molar-refractivity contribution < 1.29 is 34.2 Å². The topological polar surface area (TPSA) is 112 Å². The number of aliphatic carboxylic acids is 3. The Morgan fingerprint density at radius 1 is 0.643 bits per heavy atom. The third-order valence-electron chi connectivity index (χ3n) is 5.04. The number of allylic oxidation sites excluding steroid dienone is 2. The summed E-state index contributed by atoms with van der Waals surface area (Å²) >= 11 is 0. The van der Waals surface area contributed by atoms with E-state index in [2.05, 4.69) is 19.1 Å². The lowest BCUT2D eigenvalue weighted by molar-refractivity contribution is -0.927. The van der Waals surface area contributed by atoms with Crippen molar-refractivity contribution >= 4 is 17.9 Å². The molecule has 0 rings (SSSR count). The maximum Gasteiger partial charge on any atom is 0.309 e. The van der Waals surface area contributed by atoms with E-state index in [1.54, 1.807) is 0 Å². The molecule has 28 heavy (non-hydrogen) atoms. The minimum absolute atomic E-state index is 0.0904. The minimum atomic E-state index is -0.948. The number of quaternary nitrogens is 1. The third-order valence-corrected chi connectivity index (χ3v) is 5.04. The van der Waals surface area contributed by atoms with Crippen LogP contribution in [0.1, 0.15) is 77.6 Å². The molecule has 0 bridgehead atoms. The van der Waals surface area contributed by atoms with Crippen LogP contribution in [0.5, 0.6) is 0 Å². The Morgan fingerprint density at radius 3 is 1.50 bits per heavy atom. The number of carboxylic acids is 3. The van der Waals surface area contributed by atoms with Crippen LogP contribution in [-0.2, 0) is 14.4 Å². The van der Waals surface area contributed by atoms with E-state index >= 15 is 0 Å². The van der Waals surface area contributed by atoms with Gasteiger partial charge < -0.3 is 19.8 Å². The fourth-order valence-corrected chi connectivity index (χ4v) is 3.32. The second kappa shape index (κ2) is 16.1. The van der Waals surface area contributed by atoms with Crippen LogP contribution in [0.2, 0.25) is 0 Å². The van der Waals surface area contributed by atoms with Gasteiger partial charge in [0.15, 0.2) is 0 Å². The molecule has 0 heterocycles. The van der Waals surface area contributed by atoms with Gasteiger partial charge in [-0.3, -0.25) is 14.4 Å². The van der Waals surface area contributed by atoms with E-state index < -0.39 is 17.9 Å². The van der Waals surface area contributed by atoms with Crippen molar-refractivity contribution in [3.05, 3.63) is 12.2 Å². The molecule has 0 unspecified atom stereocenters. The van der Waals surface area contributed by atoms with Crippen molar-refractivity contribution in [3.63, 3.8) is 0 Å². The number of unbranched alkanes of at least 4 members (excludes halogenated alkanes) is 6. The predicted molar refractivity (Wildman–Crippen MR) is 108 cm³/mol. The quantitative estimate of drug-likeness (QED) is 0.172. The molecule has 0 aromatic rings. The van der Waals surface area contributed by atoms with Gasteiger partial charge in [-0.1, -0.05) is 44.8 Å². The average molecular weight is 401 g/mol. The van der Waals surface area contributed by atoms with Crippen LogP contribution >= 0.6 is 0 Å². The lowest BCUT2D eigenvalue weighted by Gasteiger charge is -2.38. The summed E-state index contributed by atoms with van der Waals surface area (Å²) in [5, 5.41) is 27.1. The fourth-order valence-electron chi connectivity index (χ4n) is 3.32. The van der Waals surface area contributed by atoms with Crippen LogP contribution in [-0.4, -0.2) is 63.9 Å². The Kier molecular flexibility index (Phi) is 15.0. The van der Waals surface area contributed by atoms with Crippen LogP contribution < -0.4 is 0 Å². The molecule has 0 aliphatic rings. The van der Waals surface area contributed by atoms with Crippen molar-refractivity contribution in [1.29, 1.82) is 0 Å².